The molecule has 0 N–H and O–H groups in total. The highest BCUT2D eigenvalue weighted by atomic mass is 16.8. The largest absolute Gasteiger partial charge is 0.453 e. The zero-order valence-corrected chi connectivity index (χ0v) is 6.33. The van der Waals surface area contributed by atoms with E-state index in [0.717, 1.165) is 4.90 Å². The first kappa shape index (κ1) is 10.1. The molecule has 0 aromatic heterocycles. The van der Waals surface area contributed by atoms with Crippen LogP contribution in [0.3, 0.4) is 0 Å². The molecule has 0 rings (SSSR count). The van der Waals surface area contributed by atoms with Crippen molar-refractivity contribution in [3.05, 3.63) is 20.2 Å². The van der Waals surface area contributed by atoms with Crippen LogP contribution in [0.1, 0.15) is 0 Å². The van der Waals surface area contributed by atoms with E-state index in [0.29, 0.717) is 0 Å². The Labute approximate surface area is 66.4 Å². The minimum absolute atomic E-state index is 0.694. The molecular weight excluding hydrogens is 172 g/mol. The summed E-state index contributed by atoms with van der Waals surface area (Å²) in [6, 6.07) is -1.31. The lowest BCUT2D eigenvalue weighted by molar-refractivity contribution is -0.884. The monoisotopic (exact) mass is 178 g/mol. The number of nitro groups is 2. The first-order valence-corrected chi connectivity index (χ1v) is 2.68. The Kier molecular flexibility index (Phi) is 2.90. The minimum Gasteiger partial charge on any atom is -0.321 e. The molecule has 0 fully saturated rings. The Morgan fingerprint density at radius 2 is 1.50 bits per heavy atom. The van der Waals surface area contributed by atoms with Crippen LogP contribution in [-0.4, -0.2) is 40.2 Å². The molecule has 0 radical (unpaired) electrons. The summed E-state index contributed by atoms with van der Waals surface area (Å²) in [6.45, 7) is 0. The van der Waals surface area contributed by atoms with Crippen molar-refractivity contribution in [2.75, 3.05) is 14.1 Å². The van der Waals surface area contributed by atoms with E-state index in [1.807, 2.05) is 0 Å². The van der Waals surface area contributed by atoms with Crippen molar-refractivity contribution in [2.45, 2.75) is 0 Å². The molecule has 0 aliphatic carbocycles. The Hall–Kier alpha value is -1.93. The van der Waals surface area contributed by atoms with E-state index in [1.165, 1.54) is 14.1 Å². The third-order valence-corrected chi connectivity index (χ3v) is 0.863. The molecule has 0 saturated carbocycles. The molecule has 68 valence electrons. The van der Waals surface area contributed by atoms with Gasteiger partial charge in [-0.25, -0.2) is 25.0 Å². The average Bonchev–Trinajstić information content (AvgIpc) is 1.85. The summed E-state index contributed by atoms with van der Waals surface area (Å²) in [5.74, 6) is 0. The Bertz CT molecular complexity index is 211. The fourth-order valence-electron chi connectivity index (χ4n) is 0.378. The normalized spacial score (nSPS) is 8.83. The predicted octanol–water partition coefficient (Wildman–Crippen LogP) is -0.647. The Morgan fingerprint density at radius 1 is 1.17 bits per heavy atom. The van der Waals surface area contributed by atoms with Gasteiger partial charge in [0.2, 0.25) is 10.1 Å². The Balaban J connectivity index is 4.64. The van der Waals surface area contributed by atoms with Gasteiger partial charge in [-0.1, -0.05) is 0 Å². The number of hydrazine groups is 2. The molecule has 2 amide bonds. The molecule has 0 spiro atoms. The van der Waals surface area contributed by atoms with Gasteiger partial charge in [0.25, 0.3) is 5.12 Å². The smallest absolute Gasteiger partial charge is 0.321 e. The van der Waals surface area contributed by atoms with E-state index in [9.17, 15) is 25.0 Å². The number of urea groups is 1. The topological polar surface area (TPSA) is 110 Å². The summed E-state index contributed by atoms with van der Waals surface area (Å²) in [4.78, 5) is 31.3. The lowest BCUT2D eigenvalue weighted by atomic mass is 10.8. The molecule has 0 saturated heterocycles. The van der Waals surface area contributed by atoms with Gasteiger partial charge in [0, 0.05) is 14.1 Å². The van der Waals surface area contributed by atoms with Crippen molar-refractivity contribution < 1.29 is 14.9 Å². The van der Waals surface area contributed by atoms with Crippen LogP contribution < -0.4 is 0 Å². The molecule has 0 aromatic carbocycles. The first-order valence-electron chi connectivity index (χ1n) is 2.68. The summed E-state index contributed by atoms with van der Waals surface area (Å²) in [7, 11) is 2.34. The second-order valence-corrected chi connectivity index (χ2v) is 1.94. The van der Waals surface area contributed by atoms with Crippen molar-refractivity contribution in [1.29, 1.82) is 0 Å². The van der Waals surface area contributed by atoms with Crippen LogP contribution in [0.5, 0.6) is 0 Å². The van der Waals surface area contributed by atoms with Crippen LogP contribution in [0.15, 0.2) is 0 Å². The van der Waals surface area contributed by atoms with Crippen LogP contribution in [0.25, 0.3) is 0 Å². The van der Waals surface area contributed by atoms with Gasteiger partial charge in [0.05, 0.1) is 0 Å². The van der Waals surface area contributed by atoms with Gasteiger partial charge in [0.1, 0.15) is 0 Å². The summed E-state index contributed by atoms with van der Waals surface area (Å²) in [6.07, 6.45) is 0. The molecule has 0 aliphatic heterocycles. The highest BCUT2D eigenvalue weighted by Crippen LogP contribution is 1.94. The number of amides is 2. The molecular formula is C3H6N4O5. The average molecular weight is 178 g/mol. The predicted molar refractivity (Wildman–Crippen MR) is 34.9 cm³/mol. The van der Waals surface area contributed by atoms with Gasteiger partial charge in [-0.15, -0.1) is 0 Å². The number of rotatable bonds is 2. The maximum Gasteiger partial charge on any atom is 0.453 e. The van der Waals surface area contributed by atoms with Crippen molar-refractivity contribution in [1.82, 2.24) is 10.0 Å². The zero-order valence-electron chi connectivity index (χ0n) is 6.33. The van der Waals surface area contributed by atoms with Crippen LogP contribution in [-0.2, 0) is 0 Å². The highest BCUT2D eigenvalue weighted by molar-refractivity contribution is 5.71. The standard InChI is InChI=1S/C3H6N4O5/c1-4(2)3(8)5(6(9)10)7(11)12/h1-2H3. The van der Waals surface area contributed by atoms with Gasteiger partial charge >= 0.3 is 6.03 Å². The molecule has 9 heteroatoms. The number of nitrogens with zero attached hydrogens (tertiary/aromatic N) is 4. The van der Waals surface area contributed by atoms with Crippen molar-refractivity contribution >= 4 is 6.03 Å². The molecule has 9 nitrogen and oxygen atoms in total. The first-order chi connectivity index (χ1) is 5.37. The molecule has 12 heavy (non-hydrogen) atoms. The van der Waals surface area contributed by atoms with Gasteiger partial charge in [-0.3, -0.25) is 0 Å². The second kappa shape index (κ2) is 3.46. The number of hydrogen-bond donors (Lipinski definition) is 0. The van der Waals surface area contributed by atoms with E-state index in [1.54, 1.807) is 0 Å². The van der Waals surface area contributed by atoms with Crippen LogP contribution in [0.2, 0.25) is 0 Å². The molecule has 0 bridgehead atoms. The lowest BCUT2D eigenvalue weighted by Gasteiger charge is -2.07. The van der Waals surface area contributed by atoms with Crippen LogP contribution >= 0.6 is 0 Å². The highest BCUT2D eigenvalue weighted by Gasteiger charge is 2.38. The maximum absolute atomic E-state index is 10.7. The Morgan fingerprint density at radius 3 is 1.58 bits per heavy atom. The van der Waals surface area contributed by atoms with Crippen molar-refractivity contribution in [2.24, 2.45) is 0 Å². The second-order valence-electron chi connectivity index (χ2n) is 1.94. The quantitative estimate of drug-likeness (QED) is 0.412. The molecule has 0 aliphatic rings. The van der Waals surface area contributed by atoms with E-state index >= 15 is 0 Å². The fourth-order valence-corrected chi connectivity index (χ4v) is 0.378. The number of hydrogen-bond acceptors (Lipinski definition) is 5. The number of carbonyl (C=O) groups is 1. The number of carbonyl (C=O) groups excluding carboxylic acids is 1. The SMILES string of the molecule is CN(C)C(=O)N([N+](=O)[O-])[N+](=O)[O-]. The third kappa shape index (κ3) is 2.04. The van der Waals surface area contributed by atoms with Crippen molar-refractivity contribution in [3.63, 3.8) is 0 Å². The molecule has 0 unspecified atom stereocenters. The lowest BCUT2D eigenvalue weighted by Crippen LogP contribution is -2.46. The maximum atomic E-state index is 10.7. The van der Waals surface area contributed by atoms with Crippen LogP contribution in [0.4, 0.5) is 4.79 Å². The van der Waals surface area contributed by atoms with E-state index < -0.39 is 21.2 Å². The summed E-state index contributed by atoms with van der Waals surface area (Å²) in [5, 5.41) is 16.4. The fraction of sp³-hybridized carbons (Fsp3) is 0.667. The van der Waals surface area contributed by atoms with E-state index in [-0.39, 0.29) is 0 Å². The van der Waals surface area contributed by atoms with E-state index in [2.05, 4.69) is 0 Å². The summed E-state index contributed by atoms with van der Waals surface area (Å²) in [5.41, 5.74) is 0. The minimum atomic E-state index is -1.40. The third-order valence-electron chi connectivity index (χ3n) is 0.863. The zero-order chi connectivity index (χ0) is 9.89. The van der Waals surface area contributed by atoms with Gasteiger partial charge in [-0.2, -0.15) is 0 Å². The van der Waals surface area contributed by atoms with Crippen LogP contribution in [0, 0.1) is 20.2 Å². The van der Waals surface area contributed by atoms with E-state index in [4.69, 9.17) is 0 Å². The molecule has 0 atom stereocenters. The van der Waals surface area contributed by atoms with Crippen molar-refractivity contribution in [3.8, 4) is 0 Å². The molecule has 0 heterocycles. The van der Waals surface area contributed by atoms with Gasteiger partial charge < -0.3 is 4.90 Å². The summed E-state index contributed by atoms with van der Waals surface area (Å²) < 4.78 is 0. The molecule has 0 aromatic rings. The summed E-state index contributed by atoms with van der Waals surface area (Å²) >= 11 is 0. The van der Waals surface area contributed by atoms with Gasteiger partial charge in [-0.05, 0) is 0 Å². The van der Waals surface area contributed by atoms with Gasteiger partial charge in [0.15, 0.2) is 0 Å².